The van der Waals surface area contributed by atoms with Gasteiger partial charge in [-0.2, -0.15) is 0 Å². The third-order valence-electron chi connectivity index (χ3n) is 7.33. The van der Waals surface area contributed by atoms with Crippen molar-refractivity contribution < 1.29 is 39.1 Å². The van der Waals surface area contributed by atoms with Crippen molar-refractivity contribution in [3.8, 4) is 33.9 Å². The molecule has 232 valence electrons. The van der Waals surface area contributed by atoms with Crippen LogP contribution in [0.3, 0.4) is 0 Å². The second-order valence-corrected chi connectivity index (χ2v) is 10.9. The largest absolute Gasteiger partial charge is 0.508 e. The molecule has 44 heavy (non-hydrogen) atoms. The van der Waals surface area contributed by atoms with E-state index in [9.17, 15) is 29.3 Å². The lowest BCUT2D eigenvalue weighted by Gasteiger charge is -2.20. The number of aliphatic hydroxyl groups excluding tert-OH is 2. The molecule has 0 spiro atoms. The van der Waals surface area contributed by atoms with Crippen LogP contribution in [-0.2, 0) is 11.3 Å². The average molecular weight is 605 g/mol. The molecule has 1 heterocycles. The van der Waals surface area contributed by atoms with Crippen LogP contribution in [0.5, 0.6) is 11.5 Å². The molecule has 2 atom stereocenters. The van der Waals surface area contributed by atoms with Crippen molar-refractivity contribution in [3.05, 3.63) is 89.9 Å². The number of nitrogens with one attached hydrogen (secondary N) is 1. The second-order valence-electron chi connectivity index (χ2n) is 10.9. The molecular weight excluding hydrogens is 567 g/mol. The molecule has 0 bridgehead atoms. The number of amides is 1. The van der Waals surface area contributed by atoms with E-state index in [0.717, 1.165) is 5.56 Å². The van der Waals surface area contributed by atoms with E-state index in [1.165, 1.54) is 31.4 Å². The first-order valence-corrected chi connectivity index (χ1v) is 14.3. The number of nitrogens with zero attached hydrogens (tertiary/aromatic N) is 1. The minimum absolute atomic E-state index is 0.0236. The number of aromatic nitrogens is 1. The maximum Gasteiger partial charge on any atom is 0.305 e. The lowest BCUT2D eigenvalue weighted by molar-refractivity contribution is -0.139. The number of hydrogen-bond donors (Lipinski definition) is 5. The van der Waals surface area contributed by atoms with Gasteiger partial charge in [0, 0.05) is 23.9 Å². The first-order valence-electron chi connectivity index (χ1n) is 14.3. The van der Waals surface area contributed by atoms with Gasteiger partial charge in [-0.15, -0.1) is 0 Å². The highest BCUT2D eigenvalue weighted by molar-refractivity contribution is 6.13. The van der Waals surface area contributed by atoms with Gasteiger partial charge in [-0.05, 0) is 66.3 Å². The summed E-state index contributed by atoms with van der Waals surface area (Å²) in [5.74, 6) is -1.96. The summed E-state index contributed by atoms with van der Waals surface area (Å²) in [6, 6.07) is 19.7. The predicted octanol–water partition coefficient (Wildman–Crippen LogP) is 6.03. The van der Waals surface area contributed by atoms with Crippen LogP contribution in [0, 0.1) is 5.82 Å². The quantitative estimate of drug-likeness (QED) is 0.117. The molecule has 3 aromatic carbocycles. The number of carbonyl (C=O) groups excluding carboxylic acids is 1. The van der Waals surface area contributed by atoms with Crippen molar-refractivity contribution >= 4 is 17.6 Å². The zero-order valence-corrected chi connectivity index (χ0v) is 24.8. The first kappa shape index (κ1) is 32.2. The maximum absolute atomic E-state index is 14.3. The Morgan fingerprint density at radius 2 is 1.64 bits per heavy atom. The summed E-state index contributed by atoms with van der Waals surface area (Å²) < 4.78 is 21.4. The molecule has 0 saturated carbocycles. The van der Waals surface area contributed by atoms with Crippen molar-refractivity contribution in [3.63, 3.8) is 0 Å². The number of aromatic hydroxyl groups is 1. The van der Waals surface area contributed by atoms with E-state index in [1.54, 1.807) is 18.2 Å². The minimum atomic E-state index is -1.21. The third-order valence-corrected chi connectivity index (χ3v) is 7.33. The number of benzene rings is 3. The first-order chi connectivity index (χ1) is 21.0. The summed E-state index contributed by atoms with van der Waals surface area (Å²) >= 11 is 0. The SMILES string of the molecule is COc1cc(O)ccc1NC(=O)c1c(-c2ccccc2)c(-c2ccc(F)cc2)n(CC[C@@H](O)C[C@@H](O)CC(=O)O)c1C(C)C. The van der Waals surface area contributed by atoms with Crippen LogP contribution in [0.2, 0.25) is 0 Å². The number of rotatable bonds is 13. The van der Waals surface area contributed by atoms with Gasteiger partial charge in [0.2, 0.25) is 0 Å². The molecule has 4 rings (SSSR count). The van der Waals surface area contributed by atoms with Crippen LogP contribution in [0.1, 0.15) is 55.1 Å². The number of aliphatic carboxylic acids is 1. The zero-order chi connectivity index (χ0) is 32.0. The van der Waals surface area contributed by atoms with Gasteiger partial charge < -0.3 is 35.0 Å². The van der Waals surface area contributed by atoms with Gasteiger partial charge in [-0.3, -0.25) is 9.59 Å². The van der Waals surface area contributed by atoms with Crippen LogP contribution in [0.25, 0.3) is 22.4 Å². The Labute approximate surface area is 255 Å². The highest BCUT2D eigenvalue weighted by Crippen LogP contribution is 2.43. The summed E-state index contributed by atoms with van der Waals surface area (Å²) in [6.45, 7) is 4.11. The summed E-state index contributed by atoms with van der Waals surface area (Å²) in [5.41, 5.74) is 4.03. The van der Waals surface area contributed by atoms with Gasteiger partial charge in [0.1, 0.15) is 17.3 Å². The van der Waals surface area contributed by atoms with Crippen molar-refractivity contribution in [1.29, 1.82) is 0 Å². The summed E-state index contributed by atoms with van der Waals surface area (Å²) in [7, 11) is 1.43. The second kappa shape index (κ2) is 14.2. The van der Waals surface area contributed by atoms with Crippen LogP contribution >= 0.6 is 0 Å². The third kappa shape index (κ3) is 7.45. The molecule has 4 aromatic rings. The topological polar surface area (TPSA) is 141 Å². The molecule has 0 aliphatic rings. The molecule has 0 radical (unpaired) electrons. The number of methoxy groups -OCH3 is 1. The van der Waals surface area contributed by atoms with Crippen molar-refractivity contribution in [2.24, 2.45) is 0 Å². The number of carboxylic acids is 1. The fourth-order valence-corrected chi connectivity index (χ4v) is 5.46. The Balaban J connectivity index is 1.91. The highest BCUT2D eigenvalue weighted by atomic mass is 19.1. The monoisotopic (exact) mass is 604 g/mol. The Bertz CT molecular complexity index is 1600. The molecule has 0 unspecified atom stereocenters. The van der Waals surface area contributed by atoms with Crippen molar-refractivity contribution in [1.82, 2.24) is 4.57 Å². The molecule has 5 N–H and O–H groups in total. The molecule has 0 fully saturated rings. The van der Waals surface area contributed by atoms with Gasteiger partial charge in [-0.1, -0.05) is 44.2 Å². The maximum atomic E-state index is 14.3. The van der Waals surface area contributed by atoms with E-state index in [2.05, 4.69) is 5.32 Å². The molecular formula is C34H37FN2O7. The minimum Gasteiger partial charge on any atom is -0.508 e. The van der Waals surface area contributed by atoms with Crippen molar-refractivity contribution in [2.75, 3.05) is 12.4 Å². The molecule has 1 amide bonds. The molecule has 0 aliphatic heterocycles. The lowest BCUT2D eigenvalue weighted by Crippen LogP contribution is -2.22. The number of hydrogen-bond acceptors (Lipinski definition) is 6. The van der Waals surface area contributed by atoms with Gasteiger partial charge in [0.15, 0.2) is 0 Å². The number of halogens is 1. The Hall–Kier alpha value is -4.67. The van der Waals surface area contributed by atoms with Crippen LogP contribution in [-0.4, -0.2) is 56.2 Å². The van der Waals surface area contributed by atoms with Crippen LogP contribution < -0.4 is 10.1 Å². The van der Waals surface area contributed by atoms with E-state index in [1.807, 2.05) is 48.7 Å². The van der Waals surface area contributed by atoms with Crippen LogP contribution in [0.15, 0.2) is 72.8 Å². The van der Waals surface area contributed by atoms with E-state index in [4.69, 9.17) is 9.84 Å². The molecule has 1 aromatic heterocycles. The fraction of sp³-hybridized carbons (Fsp3) is 0.294. The fourth-order valence-electron chi connectivity index (χ4n) is 5.46. The summed E-state index contributed by atoms with van der Waals surface area (Å²) in [4.78, 5) is 25.3. The van der Waals surface area contributed by atoms with Crippen molar-refractivity contribution in [2.45, 2.75) is 57.8 Å². The van der Waals surface area contributed by atoms with Gasteiger partial charge in [0.05, 0.1) is 42.7 Å². The number of phenols is 1. The van der Waals surface area contributed by atoms with E-state index >= 15 is 0 Å². The average Bonchev–Trinajstić information content (AvgIpc) is 3.33. The standard InChI is InChI=1S/C34H37FN2O7/c1-20(2)32-31(34(43)36-27-14-13-24(38)18-28(27)44-3)30(21-7-5-4-6-8-21)33(22-9-11-23(35)12-10-22)37(32)16-15-25(39)17-26(40)19-29(41)42/h4-14,18,20,25-26,38-40H,15-17,19H2,1-3H3,(H,36,43)(H,41,42)/t25-,26-/m1/s1. The molecule has 0 saturated heterocycles. The van der Waals surface area contributed by atoms with E-state index in [0.29, 0.717) is 33.8 Å². The zero-order valence-electron chi connectivity index (χ0n) is 24.8. The Kier molecular flexibility index (Phi) is 10.4. The number of aliphatic hydroxyl groups is 2. The molecule has 10 heteroatoms. The Morgan fingerprint density at radius 3 is 2.25 bits per heavy atom. The van der Waals surface area contributed by atoms with Crippen LogP contribution in [0.4, 0.5) is 10.1 Å². The number of ether oxygens (including phenoxy) is 1. The van der Waals surface area contributed by atoms with Gasteiger partial charge in [0.25, 0.3) is 5.91 Å². The molecule has 0 aliphatic carbocycles. The van der Waals surface area contributed by atoms with E-state index in [-0.39, 0.29) is 36.8 Å². The number of carboxylic acid groups (broad SMARTS) is 1. The number of anilines is 1. The molecule has 9 nitrogen and oxygen atoms in total. The normalized spacial score (nSPS) is 12.6. The number of carbonyl (C=O) groups is 2. The van der Waals surface area contributed by atoms with E-state index < -0.39 is 36.3 Å². The summed E-state index contributed by atoms with van der Waals surface area (Å²) in [6.07, 6.45) is -2.69. The summed E-state index contributed by atoms with van der Waals surface area (Å²) in [5, 5.41) is 42.7. The lowest BCUT2D eigenvalue weighted by atomic mass is 9.94. The smallest absolute Gasteiger partial charge is 0.305 e. The predicted molar refractivity (Wildman–Crippen MR) is 165 cm³/mol. The number of phenolic OH excluding ortho intramolecular Hbond substituents is 1. The Morgan fingerprint density at radius 1 is 0.955 bits per heavy atom. The van der Waals surface area contributed by atoms with Gasteiger partial charge >= 0.3 is 5.97 Å². The van der Waals surface area contributed by atoms with Gasteiger partial charge in [-0.25, -0.2) is 4.39 Å². The highest BCUT2D eigenvalue weighted by Gasteiger charge is 2.31.